The van der Waals surface area contributed by atoms with Crippen LogP contribution in [0.3, 0.4) is 0 Å². The van der Waals surface area contributed by atoms with Crippen LogP contribution in [0, 0.1) is 11.6 Å². The van der Waals surface area contributed by atoms with E-state index >= 15 is 0 Å². The lowest BCUT2D eigenvalue weighted by molar-refractivity contribution is -0.0501. The van der Waals surface area contributed by atoms with Crippen molar-refractivity contribution in [2.45, 2.75) is 32.3 Å². The maximum Gasteiger partial charge on any atom is 0.168 e. The summed E-state index contributed by atoms with van der Waals surface area (Å²) in [5.74, 6) is -1.19. The Morgan fingerprint density at radius 3 is 2.33 bits per heavy atom. The van der Waals surface area contributed by atoms with Gasteiger partial charge in [0.1, 0.15) is 11.4 Å². The topological polar surface area (TPSA) is 21.7 Å². The lowest BCUT2D eigenvalue weighted by Crippen LogP contribution is -2.50. The van der Waals surface area contributed by atoms with E-state index in [1.807, 2.05) is 20.9 Å². The summed E-state index contributed by atoms with van der Waals surface area (Å²) < 4.78 is 37.6. The number of piperidine rings is 1. The molecule has 0 aromatic heterocycles. The molecule has 1 aromatic carbocycles. The molecule has 120 valence electrons. The first-order valence-electron chi connectivity index (χ1n) is 7.36. The second kappa shape index (κ2) is 8.29. The van der Waals surface area contributed by atoms with Crippen molar-refractivity contribution in [1.29, 1.82) is 0 Å². The van der Waals surface area contributed by atoms with E-state index in [1.165, 1.54) is 12.1 Å². The van der Waals surface area contributed by atoms with Gasteiger partial charge in [-0.05, 0) is 19.2 Å². The highest BCUT2D eigenvalue weighted by molar-refractivity contribution is 5.25. The van der Waals surface area contributed by atoms with Crippen molar-refractivity contribution in [3.05, 3.63) is 29.8 Å². The molecule has 0 spiro atoms. The molecular formula is C16H25F2NO2. The van der Waals surface area contributed by atoms with Crippen molar-refractivity contribution >= 4 is 0 Å². The molecule has 1 aliphatic heterocycles. The van der Waals surface area contributed by atoms with Crippen molar-refractivity contribution < 1.29 is 18.3 Å². The molecule has 0 aliphatic carbocycles. The average molecular weight is 301 g/mol. The maximum absolute atomic E-state index is 13.7. The first kappa shape index (κ1) is 17.9. The number of rotatable bonds is 4. The second-order valence-electron chi connectivity index (χ2n) is 5.10. The third-order valence-electron chi connectivity index (χ3n) is 3.53. The van der Waals surface area contributed by atoms with Gasteiger partial charge in [0.2, 0.25) is 0 Å². The van der Waals surface area contributed by atoms with E-state index in [0.29, 0.717) is 6.61 Å². The Bertz CT molecular complexity index is 432. The molecule has 0 bridgehead atoms. The second-order valence-corrected chi connectivity index (χ2v) is 5.10. The fourth-order valence-electron chi connectivity index (χ4n) is 2.36. The molecule has 0 atom stereocenters. The van der Waals surface area contributed by atoms with Gasteiger partial charge in [-0.25, -0.2) is 8.78 Å². The fraction of sp³-hybridized carbons (Fsp3) is 0.625. The molecule has 0 saturated carbocycles. The minimum Gasteiger partial charge on any atom is -0.482 e. The molecule has 1 fully saturated rings. The van der Waals surface area contributed by atoms with Crippen LogP contribution in [0.4, 0.5) is 8.78 Å². The molecule has 3 nitrogen and oxygen atoms in total. The van der Waals surface area contributed by atoms with Gasteiger partial charge >= 0.3 is 0 Å². The molecule has 21 heavy (non-hydrogen) atoms. The zero-order valence-corrected chi connectivity index (χ0v) is 13.3. The minimum absolute atomic E-state index is 0.0861. The normalized spacial score (nSPS) is 17.8. The molecule has 0 N–H and O–H groups in total. The molecule has 0 amide bonds. The van der Waals surface area contributed by atoms with Crippen LogP contribution >= 0.6 is 0 Å². The van der Waals surface area contributed by atoms with Crippen LogP contribution in [-0.4, -0.2) is 44.4 Å². The molecular weight excluding hydrogens is 276 g/mol. The van der Waals surface area contributed by atoms with Gasteiger partial charge in [0.15, 0.2) is 11.6 Å². The Balaban J connectivity index is 0.00000106. The van der Waals surface area contributed by atoms with Gasteiger partial charge in [0.25, 0.3) is 0 Å². The Morgan fingerprint density at radius 1 is 1.19 bits per heavy atom. The van der Waals surface area contributed by atoms with E-state index in [1.54, 1.807) is 7.11 Å². The Morgan fingerprint density at radius 2 is 1.81 bits per heavy atom. The van der Waals surface area contributed by atoms with Crippen LogP contribution in [0.5, 0.6) is 5.75 Å². The van der Waals surface area contributed by atoms with Gasteiger partial charge in [-0.3, -0.25) is 0 Å². The number of nitrogens with zero attached hydrogens (tertiary/aromatic N) is 1. The van der Waals surface area contributed by atoms with Gasteiger partial charge in [0, 0.05) is 39.1 Å². The van der Waals surface area contributed by atoms with E-state index in [9.17, 15) is 8.78 Å². The van der Waals surface area contributed by atoms with Crippen LogP contribution in [0.15, 0.2) is 18.2 Å². The number of likely N-dealkylation sites (tertiary alicyclic amines) is 1. The molecule has 1 aliphatic rings. The van der Waals surface area contributed by atoms with Crippen molar-refractivity contribution in [2.75, 3.05) is 33.9 Å². The van der Waals surface area contributed by atoms with Gasteiger partial charge in [0.05, 0.1) is 6.61 Å². The lowest BCUT2D eigenvalue weighted by atomic mass is 9.92. The third-order valence-corrected chi connectivity index (χ3v) is 3.53. The highest BCUT2D eigenvalue weighted by atomic mass is 19.1. The van der Waals surface area contributed by atoms with Crippen LogP contribution < -0.4 is 4.74 Å². The van der Waals surface area contributed by atoms with Crippen molar-refractivity contribution in [2.24, 2.45) is 0 Å². The van der Waals surface area contributed by atoms with Crippen LogP contribution in [-0.2, 0) is 4.74 Å². The van der Waals surface area contributed by atoms with E-state index in [4.69, 9.17) is 9.47 Å². The molecule has 1 aromatic rings. The monoisotopic (exact) mass is 301 g/mol. The lowest BCUT2D eigenvalue weighted by Gasteiger charge is -2.40. The van der Waals surface area contributed by atoms with Crippen LogP contribution in [0.1, 0.15) is 26.7 Å². The Kier molecular flexibility index (Phi) is 7.05. The SMILES string of the molecule is CC.COCC1(Oc2ccc(F)cc2F)CCN(C)CC1. The summed E-state index contributed by atoms with van der Waals surface area (Å²) >= 11 is 0. The van der Waals surface area contributed by atoms with Crippen molar-refractivity contribution in [1.82, 2.24) is 4.90 Å². The zero-order valence-electron chi connectivity index (χ0n) is 13.3. The zero-order chi connectivity index (χ0) is 15.9. The highest BCUT2D eigenvalue weighted by Crippen LogP contribution is 2.30. The quantitative estimate of drug-likeness (QED) is 0.850. The van der Waals surface area contributed by atoms with Crippen molar-refractivity contribution in [3.8, 4) is 5.75 Å². The number of ether oxygens (including phenoxy) is 2. The molecule has 1 saturated heterocycles. The standard InChI is InChI=1S/C14H19F2NO2.C2H6/c1-17-7-5-14(6-8-17,10-18-2)19-13-4-3-11(15)9-12(13)16;1-2/h3-4,9H,5-8,10H2,1-2H3;1-2H3. The molecule has 1 heterocycles. The number of hydrogen-bond donors (Lipinski definition) is 0. The van der Waals surface area contributed by atoms with Gasteiger partial charge in [-0.1, -0.05) is 13.8 Å². The summed E-state index contributed by atoms with van der Waals surface area (Å²) in [7, 11) is 3.64. The summed E-state index contributed by atoms with van der Waals surface area (Å²) in [5, 5.41) is 0. The number of hydrogen-bond acceptors (Lipinski definition) is 3. The summed E-state index contributed by atoms with van der Waals surface area (Å²) in [4.78, 5) is 2.19. The molecule has 0 unspecified atom stereocenters. The number of benzene rings is 1. The van der Waals surface area contributed by atoms with Crippen LogP contribution in [0.2, 0.25) is 0 Å². The first-order valence-corrected chi connectivity index (χ1v) is 7.36. The summed E-state index contributed by atoms with van der Waals surface area (Å²) in [6.07, 6.45) is 1.52. The maximum atomic E-state index is 13.7. The van der Waals surface area contributed by atoms with Gasteiger partial charge in [-0.2, -0.15) is 0 Å². The summed E-state index contributed by atoms with van der Waals surface area (Å²) in [6.45, 7) is 6.13. The largest absolute Gasteiger partial charge is 0.482 e. The smallest absolute Gasteiger partial charge is 0.168 e. The molecule has 5 heteroatoms. The van der Waals surface area contributed by atoms with Gasteiger partial charge in [-0.15, -0.1) is 0 Å². The van der Waals surface area contributed by atoms with E-state index < -0.39 is 17.2 Å². The van der Waals surface area contributed by atoms with Crippen molar-refractivity contribution in [3.63, 3.8) is 0 Å². The third kappa shape index (κ3) is 4.93. The Labute approximate surface area is 125 Å². The number of methoxy groups -OCH3 is 1. The van der Waals surface area contributed by atoms with E-state index in [2.05, 4.69) is 4.90 Å². The van der Waals surface area contributed by atoms with Crippen LogP contribution in [0.25, 0.3) is 0 Å². The first-order chi connectivity index (χ1) is 10.0. The fourth-order valence-corrected chi connectivity index (χ4v) is 2.36. The summed E-state index contributed by atoms with van der Waals surface area (Å²) in [6, 6.07) is 3.37. The molecule has 0 radical (unpaired) electrons. The molecule has 2 rings (SSSR count). The number of halogens is 2. The van der Waals surface area contributed by atoms with E-state index in [-0.39, 0.29) is 5.75 Å². The predicted molar refractivity (Wildman–Crippen MR) is 79.7 cm³/mol. The predicted octanol–water partition coefficient (Wildman–Crippen LogP) is 3.48. The minimum atomic E-state index is -0.672. The van der Waals surface area contributed by atoms with E-state index in [0.717, 1.165) is 32.0 Å². The summed E-state index contributed by atoms with van der Waals surface area (Å²) in [5.41, 5.74) is -0.528. The van der Waals surface area contributed by atoms with Gasteiger partial charge < -0.3 is 14.4 Å². The Hall–Kier alpha value is -1.20. The average Bonchev–Trinajstić information content (AvgIpc) is 2.48. The highest BCUT2D eigenvalue weighted by Gasteiger charge is 2.36.